The first-order chi connectivity index (χ1) is 13.4. The number of H-pyrrole nitrogens is 1. The van der Waals surface area contributed by atoms with Crippen LogP contribution < -0.4 is 10.4 Å². The van der Waals surface area contributed by atoms with Gasteiger partial charge in [0.25, 0.3) is 0 Å². The van der Waals surface area contributed by atoms with Crippen molar-refractivity contribution in [2.45, 2.75) is 25.3 Å². The van der Waals surface area contributed by atoms with Crippen molar-refractivity contribution in [3.8, 4) is 0 Å². The number of amides is 2. The predicted octanol–water partition coefficient (Wildman–Crippen LogP) is 2.10. The molecule has 6 heteroatoms. The van der Waals surface area contributed by atoms with Crippen LogP contribution in [0.15, 0.2) is 60.8 Å². The maximum Gasteiger partial charge on any atom is 0.248 e. The van der Waals surface area contributed by atoms with Crippen LogP contribution in [0, 0.1) is 0 Å². The molecule has 28 heavy (non-hydrogen) atoms. The molecule has 0 radical (unpaired) electrons. The highest BCUT2D eigenvalue weighted by molar-refractivity contribution is 5.91. The first kappa shape index (κ1) is 19.5. The molecule has 0 fully saturated rings. The topological polar surface area (TPSA) is 88.3 Å². The average Bonchev–Trinajstić information content (AvgIpc) is 3.08. The summed E-state index contributed by atoms with van der Waals surface area (Å²) in [6.45, 7) is 2.09. The summed E-state index contributed by atoms with van der Waals surface area (Å²) < 4.78 is 0. The number of likely N-dealkylation sites (N-methyl/N-ethyl adjacent to an activating group) is 1. The highest BCUT2D eigenvalue weighted by atomic mass is 16.4. The molecule has 146 valence electrons. The van der Waals surface area contributed by atoms with Crippen molar-refractivity contribution < 1.29 is 14.7 Å². The summed E-state index contributed by atoms with van der Waals surface area (Å²) in [5.74, 6) is -0.294. The second kappa shape index (κ2) is 8.17. The zero-order valence-electron chi connectivity index (χ0n) is 16.1. The molecule has 1 atom stereocenters. The fourth-order valence-electron chi connectivity index (χ4n) is 3.52. The number of carbonyl (C=O) groups excluding carboxylic acids is 2. The highest BCUT2D eigenvalue weighted by Gasteiger charge is 2.36. The van der Waals surface area contributed by atoms with Crippen LogP contribution in [0.4, 0.5) is 4.79 Å². The molecule has 2 amide bonds. The second-order valence-electron chi connectivity index (χ2n) is 7.24. The molecule has 0 spiro atoms. The summed E-state index contributed by atoms with van der Waals surface area (Å²) in [6, 6.07) is 17.6. The minimum atomic E-state index is -1.47. The maximum absolute atomic E-state index is 13.1. The third-order valence-corrected chi connectivity index (χ3v) is 4.99. The number of fused-ring (bicyclic) bond motifs is 1. The summed E-state index contributed by atoms with van der Waals surface area (Å²) >= 11 is 0. The Bertz CT molecular complexity index is 967. The Labute approximate surface area is 164 Å². The summed E-state index contributed by atoms with van der Waals surface area (Å²) in [5, 5.41) is 14.6. The second-order valence-corrected chi connectivity index (χ2v) is 7.24. The number of nitrogens with zero attached hydrogens (tertiary/aromatic N) is 1. The number of nitrogens with one attached hydrogen (secondary N) is 2. The molecule has 6 nitrogen and oxygen atoms in total. The quantitative estimate of drug-likeness (QED) is 0.660. The Morgan fingerprint density at radius 3 is 2.50 bits per heavy atom. The van der Waals surface area contributed by atoms with E-state index in [9.17, 15) is 14.7 Å². The molecule has 1 unspecified atom stereocenters. The lowest BCUT2D eigenvalue weighted by Crippen LogP contribution is -2.61. The molecule has 0 aliphatic rings. The third kappa shape index (κ3) is 4.34. The molecule has 0 saturated heterocycles. The lowest BCUT2D eigenvalue weighted by Gasteiger charge is -2.34. The number of hydrogen-bond donors (Lipinski definition) is 2. The van der Waals surface area contributed by atoms with Crippen LogP contribution in [0.3, 0.4) is 0 Å². The van der Waals surface area contributed by atoms with Gasteiger partial charge < -0.3 is 25.1 Å². The Kier molecular flexibility index (Phi) is 5.68. The Morgan fingerprint density at radius 2 is 1.79 bits per heavy atom. The molecule has 2 N–H and O–H groups in total. The molecule has 1 aromatic heterocycles. The first-order valence-corrected chi connectivity index (χ1v) is 9.23. The number of carbonyl (C=O) groups is 2. The molecule has 0 aliphatic carbocycles. The largest absolute Gasteiger partial charge is 0.530 e. The number of aromatic amines is 1. The van der Waals surface area contributed by atoms with E-state index in [4.69, 9.17) is 0 Å². The lowest BCUT2D eigenvalue weighted by molar-refractivity contribution is -0.253. The highest BCUT2D eigenvalue weighted by Crippen LogP contribution is 2.24. The zero-order valence-corrected chi connectivity index (χ0v) is 16.1. The third-order valence-electron chi connectivity index (χ3n) is 4.99. The van der Waals surface area contributed by atoms with Crippen LogP contribution in [0.1, 0.15) is 18.1 Å². The SMILES string of the molecule is CN(CCc1ccccc1)C(=O)C(C)(Cc1c[nH]c2ccccc12)NC(=O)[O-]. The van der Waals surface area contributed by atoms with Gasteiger partial charge in [0.2, 0.25) is 5.91 Å². The molecular weight excluding hydrogens is 354 g/mol. The molecular formula is C22H24N3O3-. The molecule has 0 saturated carbocycles. The van der Waals surface area contributed by atoms with Crippen LogP contribution >= 0.6 is 0 Å². The van der Waals surface area contributed by atoms with Crippen LogP contribution in [0.2, 0.25) is 0 Å². The van der Waals surface area contributed by atoms with Gasteiger partial charge in [0.1, 0.15) is 11.6 Å². The number of hydrogen-bond acceptors (Lipinski definition) is 3. The minimum absolute atomic E-state index is 0.222. The number of rotatable bonds is 7. The van der Waals surface area contributed by atoms with Gasteiger partial charge in [-0.2, -0.15) is 0 Å². The number of para-hydroxylation sites is 1. The number of carboxylic acid groups (broad SMARTS) is 1. The molecule has 2 aromatic carbocycles. The lowest BCUT2D eigenvalue weighted by atomic mass is 9.91. The van der Waals surface area contributed by atoms with Crippen molar-refractivity contribution in [2.24, 2.45) is 0 Å². The van der Waals surface area contributed by atoms with E-state index < -0.39 is 11.6 Å². The van der Waals surface area contributed by atoms with E-state index in [0.29, 0.717) is 13.0 Å². The standard InChI is InChI=1S/C22H25N3O3/c1-22(24-21(27)28,14-17-15-23-19-11-7-6-10-18(17)19)20(26)25(2)13-12-16-8-4-3-5-9-16/h3-11,15,23-24H,12-14H2,1-2H3,(H,27,28)/p-1. The summed E-state index contributed by atoms with van der Waals surface area (Å²) in [6.07, 6.45) is 1.26. The van der Waals surface area contributed by atoms with Crippen LogP contribution in [0.5, 0.6) is 0 Å². The summed E-state index contributed by atoms with van der Waals surface area (Å²) in [4.78, 5) is 29.2. The van der Waals surface area contributed by atoms with E-state index in [-0.39, 0.29) is 12.3 Å². The van der Waals surface area contributed by atoms with Crippen molar-refractivity contribution in [3.63, 3.8) is 0 Å². The minimum Gasteiger partial charge on any atom is -0.530 e. The van der Waals surface area contributed by atoms with E-state index in [1.807, 2.05) is 60.8 Å². The van der Waals surface area contributed by atoms with Gasteiger partial charge in [-0.05, 0) is 30.5 Å². The van der Waals surface area contributed by atoms with Gasteiger partial charge in [0.05, 0.1) is 0 Å². The van der Waals surface area contributed by atoms with Crippen LogP contribution in [0.25, 0.3) is 10.9 Å². The molecule has 3 aromatic rings. The van der Waals surface area contributed by atoms with Crippen LogP contribution in [-0.2, 0) is 17.6 Å². The summed E-state index contributed by atoms with van der Waals surface area (Å²) in [7, 11) is 1.69. The van der Waals surface area contributed by atoms with E-state index in [2.05, 4.69) is 10.3 Å². The smallest absolute Gasteiger partial charge is 0.248 e. The van der Waals surface area contributed by atoms with Gasteiger partial charge in [0.15, 0.2) is 0 Å². The van der Waals surface area contributed by atoms with Gasteiger partial charge in [0, 0.05) is 37.1 Å². The fraction of sp³-hybridized carbons (Fsp3) is 0.273. The fourth-order valence-corrected chi connectivity index (χ4v) is 3.52. The van der Waals surface area contributed by atoms with Gasteiger partial charge >= 0.3 is 0 Å². The Balaban J connectivity index is 1.79. The van der Waals surface area contributed by atoms with Crippen molar-refractivity contribution in [1.29, 1.82) is 0 Å². The molecule has 0 aliphatic heterocycles. The van der Waals surface area contributed by atoms with Gasteiger partial charge in [-0.1, -0.05) is 48.5 Å². The maximum atomic E-state index is 13.1. The molecule has 0 bridgehead atoms. The van der Waals surface area contributed by atoms with Crippen LogP contribution in [-0.4, -0.2) is 41.0 Å². The number of aromatic nitrogens is 1. The summed E-state index contributed by atoms with van der Waals surface area (Å²) in [5.41, 5.74) is 1.61. The number of benzene rings is 2. The van der Waals surface area contributed by atoms with Gasteiger partial charge in [-0.15, -0.1) is 0 Å². The van der Waals surface area contributed by atoms with Gasteiger partial charge in [-0.3, -0.25) is 4.79 Å². The van der Waals surface area contributed by atoms with E-state index in [1.165, 1.54) is 0 Å². The van der Waals surface area contributed by atoms with Crippen molar-refractivity contribution in [1.82, 2.24) is 15.2 Å². The monoisotopic (exact) mass is 378 g/mol. The zero-order chi connectivity index (χ0) is 20.1. The van der Waals surface area contributed by atoms with Crippen molar-refractivity contribution in [2.75, 3.05) is 13.6 Å². The first-order valence-electron chi connectivity index (χ1n) is 9.23. The van der Waals surface area contributed by atoms with Crippen molar-refractivity contribution in [3.05, 3.63) is 71.9 Å². The Morgan fingerprint density at radius 1 is 1.11 bits per heavy atom. The molecule has 1 heterocycles. The van der Waals surface area contributed by atoms with Gasteiger partial charge in [-0.25, -0.2) is 0 Å². The van der Waals surface area contributed by atoms with E-state index in [0.717, 1.165) is 22.0 Å². The average molecular weight is 378 g/mol. The Hall–Kier alpha value is -3.28. The normalized spacial score (nSPS) is 13.1. The van der Waals surface area contributed by atoms with E-state index in [1.54, 1.807) is 18.9 Å². The van der Waals surface area contributed by atoms with Crippen molar-refractivity contribution >= 4 is 22.9 Å². The molecule has 3 rings (SSSR count). The van der Waals surface area contributed by atoms with E-state index >= 15 is 0 Å². The predicted molar refractivity (Wildman–Crippen MR) is 107 cm³/mol.